The average Bonchev–Trinajstić information content (AvgIpc) is 3.08. The van der Waals surface area contributed by atoms with Crippen LogP contribution in [-0.4, -0.2) is 26.5 Å². The summed E-state index contributed by atoms with van der Waals surface area (Å²) in [6, 6.07) is 6.07. The number of rotatable bonds is 7. The van der Waals surface area contributed by atoms with Crippen molar-refractivity contribution in [2.45, 2.75) is 121 Å². The van der Waals surface area contributed by atoms with Gasteiger partial charge in [0.2, 0.25) is 0 Å². The Bertz CT molecular complexity index is 926. The van der Waals surface area contributed by atoms with E-state index in [4.69, 9.17) is 17.4 Å². The molecule has 35 heavy (non-hydrogen) atoms. The first-order valence-electron chi connectivity index (χ1n) is 14.2. The van der Waals surface area contributed by atoms with Gasteiger partial charge in [-0.3, -0.25) is 4.98 Å². The number of thiol groups is 1. The lowest BCUT2D eigenvalue weighted by molar-refractivity contribution is -0.0569. The Morgan fingerprint density at radius 2 is 1.91 bits per heavy atom. The van der Waals surface area contributed by atoms with E-state index in [1.807, 2.05) is 32.2 Å². The number of aromatic nitrogens is 1. The molecule has 7 atom stereocenters. The van der Waals surface area contributed by atoms with Crippen LogP contribution >= 0.6 is 12.6 Å². The Morgan fingerprint density at radius 1 is 1.11 bits per heavy atom. The number of allylic oxidation sites excluding steroid dienone is 1. The molecule has 1 aromatic heterocycles. The Morgan fingerprint density at radius 3 is 2.66 bits per heavy atom. The smallest absolute Gasteiger partial charge is 0.0891 e. The van der Waals surface area contributed by atoms with E-state index in [2.05, 4.69) is 31.0 Å². The number of hydrogen-bond acceptors (Lipinski definition) is 4. The molecule has 0 spiro atoms. The van der Waals surface area contributed by atoms with E-state index >= 15 is 0 Å². The standard InChI is InChI=1S/C31H47NO2S/c1-28(2,33)14-7-15-31(35)18-13-27-25-10-9-22-20-24(34-21-23-8-5-6-19-32-23)11-16-29(22,3)26(25)12-17-30(27,31)4/h5-6,8-9,19,24-27,33,35H,7,10-18,20-21H2,1-4H3. The van der Waals surface area contributed by atoms with E-state index < -0.39 is 5.60 Å². The first kappa shape index (κ1) is 25.8. The first-order chi connectivity index (χ1) is 16.5. The van der Waals surface area contributed by atoms with Crippen LogP contribution in [-0.2, 0) is 11.3 Å². The third-order valence-electron chi connectivity index (χ3n) is 11.0. The van der Waals surface area contributed by atoms with Gasteiger partial charge in [0.15, 0.2) is 0 Å². The van der Waals surface area contributed by atoms with Gasteiger partial charge >= 0.3 is 0 Å². The summed E-state index contributed by atoms with van der Waals surface area (Å²) in [7, 11) is 0. The Kier molecular flexibility index (Phi) is 6.98. The van der Waals surface area contributed by atoms with Gasteiger partial charge < -0.3 is 9.84 Å². The van der Waals surface area contributed by atoms with Crippen LogP contribution in [0, 0.1) is 28.6 Å². The molecule has 4 aliphatic carbocycles. The van der Waals surface area contributed by atoms with Crippen molar-refractivity contribution in [2.75, 3.05) is 0 Å². The predicted octanol–water partition coefficient (Wildman–Crippen LogP) is 7.54. The molecule has 0 amide bonds. The van der Waals surface area contributed by atoms with Crippen LogP contribution < -0.4 is 0 Å². The fraction of sp³-hybridized carbons (Fsp3) is 0.774. The van der Waals surface area contributed by atoms with Crippen LogP contribution in [0.2, 0.25) is 0 Å². The molecule has 7 unspecified atom stereocenters. The highest BCUT2D eigenvalue weighted by Crippen LogP contribution is 2.69. The average molecular weight is 498 g/mol. The predicted molar refractivity (Wildman–Crippen MR) is 146 cm³/mol. The maximum absolute atomic E-state index is 10.2. The van der Waals surface area contributed by atoms with Gasteiger partial charge in [-0.05, 0) is 125 Å². The minimum absolute atomic E-state index is 0.121. The molecule has 1 N–H and O–H groups in total. The summed E-state index contributed by atoms with van der Waals surface area (Å²) in [5, 5.41) is 10.2. The quantitative estimate of drug-likeness (QED) is 0.302. The molecule has 0 bridgehead atoms. The molecule has 3 fully saturated rings. The van der Waals surface area contributed by atoms with Crippen molar-refractivity contribution < 1.29 is 9.84 Å². The zero-order valence-corrected chi connectivity index (χ0v) is 23.3. The van der Waals surface area contributed by atoms with Gasteiger partial charge in [-0.25, -0.2) is 0 Å². The van der Waals surface area contributed by atoms with Gasteiger partial charge in [0, 0.05) is 10.9 Å². The molecule has 4 aliphatic rings. The minimum atomic E-state index is -0.569. The summed E-state index contributed by atoms with van der Waals surface area (Å²) in [5.74, 6) is 2.40. The lowest BCUT2D eigenvalue weighted by Gasteiger charge is -2.59. The molecule has 0 aliphatic heterocycles. The monoisotopic (exact) mass is 497 g/mol. The van der Waals surface area contributed by atoms with Gasteiger partial charge in [-0.1, -0.05) is 31.6 Å². The van der Waals surface area contributed by atoms with Crippen molar-refractivity contribution in [1.29, 1.82) is 0 Å². The number of fused-ring (bicyclic) bond motifs is 5. The van der Waals surface area contributed by atoms with E-state index in [1.54, 1.807) is 5.57 Å². The molecule has 1 aromatic rings. The first-order valence-corrected chi connectivity index (χ1v) is 14.6. The molecular formula is C31H47NO2S. The molecule has 0 saturated heterocycles. The van der Waals surface area contributed by atoms with Gasteiger partial charge in [0.1, 0.15) is 0 Å². The van der Waals surface area contributed by atoms with E-state index in [-0.39, 0.29) is 4.75 Å². The molecule has 5 rings (SSSR count). The van der Waals surface area contributed by atoms with Crippen LogP contribution in [0.1, 0.15) is 104 Å². The van der Waals surface area contributed by atoms with E-state index in [1.165, 1.54) is 44.9 Å². The Balaban J connectivity index is 1.26. The fourth-order valence-corrected chi connectivity index (χ4v) is 9.36. The molecule has 3 nitrogen and oxygen atoms in total. The Hall–Kier alpha value is -0.840. The fourth-order valence-electron chi connectivity index (χ4n) is 8.79. The van der Waals surface area contributed by atoms with Crippen LogP contribution in [0.15, 0.2) is 36.0 Å². The third kappa shape index (κ3) is 4.77. The maximum Gasteiger partial charge on any atom is 0.0891 e. The summed E-state index contributed by atoms with van der Waals surface area (Å²) < 4.78 is 6.46. The van der Waals surface area contributed by atoms with Crippen molar-refractivity contribution in [3.63, 3.8) is 0 Å². The summed E-state index contributed by atoms with van der Waals surface area (Å²) in [6.45, 7) is 9.65. The van der Waals surface area contributed by atoms with Gasteiger partial charge in [0.05, 0.1) is 24.0 Å². The van der Waals surface area contributed by atoms with Crippen molar-refractivity contribution in [2.24, 2.45) is 28.6 Å². The Labute approximate surface area is 218 Å². The number of pyridine rings is 1. The highest BCUT2D eigenvalue weighted by atomic mass is 32.1. The second kappa shape index (κ2) is 9.48. The summed E-state index contributed by atoms with van der Waals surface area (Å²) in [5.41, 5.74) is 2.81. The second-order valence-electron chi connectivity index (χ2n) is 13.4. The summed E-state index contributed by atoms with van der Waals surface area (Å²) >= 11 is 5.43. The normalized spacial score (nSPS) is 41.0. The zero-order chi connectivity index (χ0) is 24.9. The minimum Gasteiger partial charge on any atom is -0.390 e. The summed E-state index contributed by atoms with van der Waals surface area (Å²) in [6.07, 6.45) is 17.9. The van der Waals surface area contributed by atoms with Gasteiger partial charge in [-0.2, -0.15) is 12.6 Å². The highest BCUT2D eigenvalue weighted by Gasteiger charge is 2.62. The summed E-state index contributed by atoms with van der Waals surface area (Å²) in [4.78, 5) is 4.43. The molecular weight excluding hydrogens is 450 g/mol. The SMILES string of the molecule is CC(C)(O)CCCC1(S)CCC2C3CC=C4CC(OCc5ccccn5)CCC4(C)C3CCC21C. The van der Waals surface area contributed by atoms with Crippen LogP contribution in [0.5, 0.6) is 0 Å². The number of ether oxygens (including phenoxy) is 1. The van der Waals surface area contributed by atoms with Crippen LogP contribution in [0.4, 0.5) is 0 Å². The van der Waals surface area contributed by atoms with Crippen LogP contribution in [0.3, 0.4) is 0 Å². The maximum atomic E-state index is 10.2. The molecule has 0 aromatic carbocycles. The second-order valence-corrected chi connectivity index (χ2v) is 14.3. The molecule has 1 heterocycles. The number of hydrogen-bond donors (Lipinski definition) is 2. The molecule has 3 saturated carbocycles. The van der Waals surface area contributed by atoms with E-state index in [0.29, 0.717) is 23.5 Å². The number of aliphatic hydroxyl groups is 1. The third-order valence-corrected chi connectivity index (χ3v) is 11.9. The molecule has 4 heteroatoms. The van der Waals surface area contributed by atoms with E-state index in [0.717, 1.165) is 49.1 Å². The zero-order valence-electron chi connectivity index (χ0n) is 22.4. The van der Waals surface area contributed by atoms with Crippen LogP contribution in [0.25, 0.3) is 0 Å². The van der Waals surface area contributed by atoms with Crippen molar-refractivity contribution >= 4 is 12.6 Å². The molecule has 194 valence electrons. The van der Waals surface area contributed by atoms with Crippen molar-refractivity contribution in [3.05, 3.63) is 41.7 Å². The van der Waals surface area contributed by atoms with Gasteiger partial charge in [0.25, 0.3) is 0 Å². The topological polar surface area (TPSA) is 42.4 Å². The molecule has 0 radical (unpaired) electrons. The lowest BCUT2D eigenvalue weighted by atomic mass is 9.47. The van der Waals surface area contributed by atoms with Crippen molar-refractivity contribution in [1.82, 2.24) is 4.98 Å². The largest absolute Gasteiger partial charge is 0.390 e. The lowest BCUT2D eigenvalue weighted by Crippen LogP contribution is -2.53. The van der Waals surface area contributed by atoms with E-state index in [9.17, 15) is 5.11 Å². The van der Waals surface area contributed by atoms with Gasteiger partial charge in [-0.15, -0.1) is 0 Å². The highest BCUT2D eigenvalue weighted by molar-refractivity contribution is 7.81. The van der Waals surface area contributed by atoms with Crippen molar-refractivity contribution in [3.8, 4) is 0 Å². The number of nitrogens with zero attached hydrogens (tertiary/aromatic N) is 1.